The van der Waals surface area contributed by atoms with E-state index in [4.69, 9.17) is 21.7 Å². The number of hydrogen-bond donors (Lipinski definition) is 2. The zero-order valence-electron chi connectivity index (χ0n) is 13.7. The van der Waals surface area contributed by atoms with E-state index in [1.807, 2.05) is 39.0 Å². The fourth-order valence-corrected chi connectivity index (χ4v) is 2.01. The van der Waals surface area contributed by atoms with Gasteiger partial charge in [-0.15, -0.1) is 0 Å². The standard InChI is InChI=1S/C16H25N3O2S/c1-5-21-10-6-9-17-16(22)19-18-13(3)14-11-12(2)7-8-15(14)20-4/h7-8,11H,5-6,9-10H2,1-4H3,(H2,17,19,22)/b18-13-. The van der Waals surface area contributed by atoms with Gasteiger partial charge < -0.3 is 14.8 Å². The highest BCUT2D eigenvalue weighted by Crippen LogP contribution is 2.20. The number of hydrogen-bond acceptors (Lipinski definition) is 4. The number of nitrogens with one attached hydrogen (secondary N) is 2. The van der Waals surface area contributed by atoms with Gasteiger partial charge in [-0.3, -0.25) is 5.43 Å². The minimum absolute atomic E-state index is 0.502. The van der Waals surface area contributed by atoms with E-state index < -0.39 is 0 Å². The fraction of sp³-hybridized carbons (Fsp3) is 0.500. The van der Waals surface area contributed by atoms with E-state index in [9.17, 15) is 0 Å². The van der Waals surface area contributed by atoms with Crippen LogP contribution in [-0.2, 0) is 4.74 Å². The van der Waals surface area contributed by atoms with E-state index in [-0.39, 0.29) is 0 Å². The second kappa shape index (κ2) is 10.1. The Labute approximate surface area is 138 Å². The second-order valence-corrected chi connectivity index (χ2v) is 5.23. The highest BCUT2D eigenvalue weighted by atomic mass is 32.1. The number of hydrazone groups is 1. The average Bonchev–Trinajstić information content (AvgIpc) is 2.52. The Bertz CT molecular complexity index is 518. The molecule has 0 atom stereocenters. The maximum absolute atomic E-state index is 5.36. The predicted molar refractivity (Wildman–Crippen MR) is 94.8 cm³/mol. The zero-order valence-corrected chi connectivity index (χ0v) is 14.5. The van der Waals surface area contributed by atoms with Crippen molar-refractivity contribution in [3.8, 4) is 5.75 Å². The first-order valence-corrected chi connectivity index (χ1v) is 7.80. The third-order valence-corrected chi connectivity index (χ3v) is 3.26. The highest BCUT2D eigenvalue weighted by molar-refractivity contribution is 7.80. The number of methoxy groups -OCH3 is 1. The molecule has 0 fully saturated rings. The van der Waals surface area contributed by atoms with Crippen LogP contribution in [0.25, 0.3) is 0 Å². The molecule has 0 saturated heterocycles. The Morgan fingerprint density at radius 1 is 1.36 bits per heavy atom. The molecule has 0 aliphatic heterocycles. The minimum atomic E-state index is 0.502. The average molecular weight is 323 g/mol. The Balaban J connectivity index is 2.51. The van der Waals surface area contributed by atoms with Gasteiger partial charge >= 0.3 is 0 Å². The van der Waals surface area contributed by atoms with Gasteiger partial charge in [-0.05, 0) is 51.5 Å². The number of nitrogens with zero attached hydrogens (tertiary/aromatic N) is 1. The lowest BCUT2D eigenvalue weighted by Gasteiger charge is -2.11. The van der Waals surface area contributed by atoms with E-state index in [0.717, 1.165) is 48.8 Å². The van der Waals surface area contributed by atoms with Gasteiger partial charge in [0.2, 0.25) is 0 Å². The van der Waals surface area contributed by atoms with Crippen molar-refractivity contribution in [1.29, 1.82) is 0 Å². The molecule has 0 aromatic heterocycles. The number of ether oxygens (including phenoxy) is 2. The summed E-state index contributed by atoms with van der Waals surface area (Å²) in [6.07, 6.45) is 0.907. The van der Waals surface area contributed by atoms with Crippen molar-refractivity contribution < 1.29 is 9.47 Å². The monoisotopic (exact) mass is 323 g/mol. The van der Waals surface area contributed by atoms with Gasteiger partial charge in [-0.1, -0.05) is 11.6 Å². The third kappa shape index (κ3) is 6.41. The third-order valence-electron chi connectivity index (χ3n) is 3.03. The summed E-state index contributed by atoms with van der Waals surface area (Å²) in [5.74, 6) is 0.796. The molecule has 0 heterocycles. The minimum Gasteiger partial charge on any atom is -0.496 e. The van der Waals surface area contributed by atoms with Crippen LogP contribution in [0.3, 0.4) is 0 Å². The van der Waals surface area contributed by atoms with Gasteiger partial charge in [0.25, 0.3) is 0 Å². The molecule has 5 nitrogen and oxygen atoms in total. The first-order chi connectivity index (χ1) is 10.6. The summed E-state index contributed by atoms with van der Waals surface area (Å²) in [7, 11) is 1.65. The summed E-state index contributed by atoms with van der Waals surface area (Å²) in [5.41, 5.74) is 5.78. The van der Waals surface area contributed by atoms with Crippen LogP contribution in [0, 0.1) is 6.92 Å². The Kier molecular flexibility index (Phi) is 8.47. The van der Waals surface area contributed by atoms with Crippen LogP contribution in [0.4, 0.5) is 0 Å². The molecule has 22 heavy (non-hydrogen) atoms. The number of thiocarbonyl (C=S) groups is 1. The summed E-state index contributed by atoms with van der Waals surface area (Å²) >= 11 is 5.19. The molecule has 0 unspecified atom stereocenters. The van der Waals surface area contributed by atoms with Crippen LogP contribution < -0.4 is 15.5 Å². The molecule has 2 N–H and O–H groups in total. The lowest BCUT2D eigenvalue weighted by Crippen LogP contribution is -2.33. The largest absolute Gasteiger partial charge is 0.496 e. The molecular formula is C16H25N3O2S. The summed E-state index contributed by atoms with van der Waals surface area (Å²) in [4.78, 5) is 0. The summed E-state index contributed by atoms with van der Waals surface area (Å²) in [5, 5.41) is 7.90. The molecule has 0 radical (unpaired) electrons. The first-order valence-electron chi connectivity index (χ1n) is 7.39. The smallest absolute Gasteiger partial charge is 0.186 e. The quantitative estimate of drug-likeness (QED) is 0.333. The van der Waals surface area contributed by atoms with Gasteiger partial charge in [0.05, 0.1) is 12.8 Å². The maximum Gasteiger partial charge on any atom is 0.186 e. The molecule has 0 spiro atoms. The molecule has 0 aliphatic rings. The molecule has 1 rings (SSSR count). The van der Waals surface area contributed by atoms with Crippen molar-refractivity contribution in [2.24, 2.45) is 5.10 Å². The van der Waals surface area contributed by atoms with Crippen molar-refractivity contribution in [2.75, 3.05) is 26.9 Å². The van der Waals surface area contributed by atoms with Crippen LogP contribution in [-0.4, -0.2) is 37.7 Å². The van der Waals surface area contributed by atoms with E-state index in [2.05, 4.69) is 15.8 Å². The van der Waals surface area contributed by atoms with Gasteiger partial charge in [0, 0.05) is 25.3 Å². The molecule has 0 aliphatic carbocycles. The molecule has 1 aromatic rings. The first kappa shape index (κ1) is 18.4. The van der Waals surface area contributed by atoms with Crippen LogP contribution in [0.1, 0.15) is 31.4 Å². The topological polar surface area (TPSA) is 54.9 Å². The highest BCUT2D eigenvalue weighted by Gasteiger charge is 2.06. The normalized spacial score (nSPS) is 11.2. The van der Waals surface area contributed by atoms with Crippen molar-refractivity contribution >= 4 is 23.0 Å². The van der Waals surface area contributed by atoms with Crippen LogP contribution >= 0.6 is 12.2 Å². The van der Waals surface area contributed by atoms with Crippen LogP contribution in [0.5, 0.6) is 5.75 Å². The summed E-state index contributed by atoms with van der Waals surface area (Å²) < 4.78 is 10.6. The van der Waals surface area contributed by atoms with Crippen molar-refractivity contribution in [1.82, 2.24) is 10.7 Å². The molecule has 0 amide bonds. The molecule has 122 valence electrons. The number of aryl methyl sites for hydroxylation is 1. The lowest BCUT2D eigenvalue weighted by atomic mass is 10.1. The van der Waals surface area contributed by atoms with E-state index in [1.54, 1.807) is 7.11 Å². The summed E-state index contributed by atoms with van der Waals surface area (Å²) in [6, 6.07) is 5.99. The van der Waals surface area contributed by atoms with Gasteiger partial charge in [0.1, 0.15) is 5.75 Å². The Morgan fingerprint density at radius 3 is 2.82 bits per heavy atom. The zero-order chi connectivity index (χ0) is 16.4. The Hall–Kier alpha value is -1.66. The van der Waals surface area contributed by atoms with Crippen LogP contribution in [0.15, 0.2) is 23.3 Å². The Morgan fingerprint density at radius 2 is 2.14 bits per heavy atom. The fourth-order valence-electron chi connectivity index (χ4n) is 1.86. The van der Waals surface area contributed by atoms with Gasteiger partial charge in [-0.2, -0.15) is 5.10 Å². The molecular weight excluding hydrogens is 298 g/mol. The van der Waals surface area contributed by atoms with Crippen LogP contribution in [0.2, 0.25) is 0 Å². The molecule has 1 aromatic carbocycles. The molecule has 0 bridgehead atoms. The SMILES string of the molecule is CCOCCCNC(=S)N/N=C(/C)c1cc(C)ccc1OC. The number of rotatable bonds is 8. The molecule has 0 saturated carbocycles. The second-order valence-electron chi connectivity index (χ2n) is 4.82. The van der Waals surface area contributed by atoms with Crippen molar-refractivity contribution in [3.63, 3.8) is 0 Å². The van der Waals surface area contributed by atoms with Crippen molar-refractivity contribution in [3.05, 3.63) is 29.3 Å². The lowest BCUT2D eigenvalue weighted by molar-refractivity contribution is 0.145. The van der Waals surface area contributed by atoms with E-state index >= 15 is 0 Å². The summed E-state index contributed by atoms with van der Waals surface area (Å²) in [6.45, 7) is 8.17. The predicted octanol–water partition coefficient (Wildman–Crippen LogP) is 2.62. The van der Waals surface area contributed by atoms with Crippen molar-refractivity contribution in [2.45, 2.75) is 27.2 Å². The molecule has 6 heteroatoms. The van der Waals surface area contributed by atoms with Gasteiger partial charge in [0.15, 0.2) is 5.11 Å². The van der Waals surface area contributed by atoms with E-state index in [1.165, 1.54) is 0 Å². The number of benzene rings is 1. The van der Waals surface area contributed by atoms with E-state index in [0.29, 0.717) is 5.11 Å². The van der Waals surface area contributed by atoms with Gasteiger partial charge in [-0.25, -0.2) is 0 Å². The maximum atomic E-state index is 5.36.